The first-order valence-corrected chi connectivity index (χ1v) is 12.9. The fraction of sp³-hybridized carbons (Fsp3) is 0.517. The average molecular weight is 510 g/mol. The second-order valence-corrected chi connectivity index (χ2v) is 10.9. The van der Waals surface area contributed by atoms with Crippen LogP contribution in [0, 0.1) is 17.1 Å². The third-order valence-corrected chi connectivity index (χ3v) is 7.03. The predicted octanol–water partition coefficient (Wildman–Crippen LogP) is 5.39. The molecule has 1 aliphatic heterocycles. The zero-order valence-corrected chi connectivity index (χ0v) is 22.0. The molecule has 1 saturated heterocycles. The van der Waals surface area contributed by atoms with Crippen LogP contribution in [-0.4, -0.2) is 55.0 Å². The quantitative estimate of drug-likeness (QED) is 0.562. The lowest BCUT2D eigenvalue weighted by Crippen LogP contribution is -2.54. The van der Waals surface area contributed by atoms with E-state index in [1.165, 1.54) is 13.2 Å². The highest BCUT2D eigenvalue weighted by Gasteiger charge is 2.42. The molecule has 2 fully saturated rings. The first-order valence-electron chi connectivity index (χ1n) is 12.9. The molecule has 2 aromatic rings. The summed E-state index contributed by atoms with van der Waals surface area (Å²) in [5.74, 6) is 0.747. The van der Waals surface area contributed by atoms with Crippen LogP contribution in [0.1, 0.15) is 63.5 Å². The highest BCUT2D eigenvalue weighted by atomic mass is 19.1. The summed E-state index contributed by atoms with van der Waals surface area (Å²) in [4.78, 5) is 14.8. The van der Waals surface area contributed by atoms with E-state index in [1.54, 1.807) is 18.2 Å². The van der Waals surface area contributed by atoms with Gasteiger partial charge in [0, 0.05) is 18.6 Å². The van der Waals surface area contributed by atoms with Crippen molar-refractivity contribution in [2.24, 2.45) is 0 Å². The Kier molecular flexibility index (Phi) is 8.23. The fourth-order valence-corrected chi connectivity index (χ4v) is 5.37. The van der Waals surface area contributed by atoms with Gasteiger partial charge in [-0.15, -0.1) is 0 Å². The van der Waals surface area contributed by atoms with Crippen LogP contribution in [0.2, 0.25) is 0 Å². The molecule has 0 bridgehead atoms. The van der Waals surface area contributed by atoms with Crippen LogP contribution in [0.3, 0.4) is 0 Å². The van der Waals surface area contributed by atoms with Gasteiger partial charge in [0.05, 0.1) is 18.7 Å². The molecule has 8 heteroatoms. The number of methoxy groups -OCH3 is 1. The van der Waals surface area contributed by atoms with Crippen LogP contribution in [0.5, 0.6) is 11.5 Å². The van der Waals surface area contributed by atoms with Crippen molar-refractivity contribution < 1.29 is 23.4 Å². The molecular weight excluding hydrogens is 473 g/mol. The highest BCUT2D eigenvalue weighted by molar-refractivity contribution is 5.68. The summed E-state index contributed by atoms with van der Waals surface area (Å²) < 4.78 is 31.3. The van der Waals surface area contributed by atoms with Crippen molar-refractivity contribution >= 4 is 6.09 Å². The molecule has 0 aromatic heterocycles. The molecule has 2 aromatic carbocycles. The Bertz CT molecular complexity index is 1130. The molecule has 4 atom stereocenters. The molecule has 1 amide bonds. The maximum absolute atomic E-state index is 14.1. The molecule has 1 heterocycles. The summed E-state index contributed by atoms with van der Waals surface area (Å²) in [7, 11) is 1.47. The smallest absolute Gasteiger partial charge is 0.407 e. The van der Waals surface area contributed by atoms with Crippen molar-refractivity contribution in [3.05, 3.63) is 59.4 Å². The molecule has 0 spiro atoms. The number of likely N-dealkylation sites (tertiary alicyclic amines) is 1. The summed E-state index contributed by atoms with van der Waals surface area (Å²) in [6.45, 7) is 7.18. The van der Waals surface area contributed by atoms with Gasteiger partial charge in [-0.2, -0.15) is 5.26 Å². The van der Waals surface area contributed by atoms with E-state index < -0.39 is 11.7 Å². The number of benzene rings is 2. The monoisotopic (exact) mass is 509 g/mol. The van der Waals surface area contributed by atoms with Gasteiger partial charge in [-0.05, 0) is 101 Å². The third-order valence-electron chi connectivity index (χ3n) is 7.03. The van der Waals surface area contributed by atoms with E-state index in [2.05, 4.69) is 16.3 Å². The number of piperidine rings is 1. The molecule has 37 heavy (non-hydrogen) atoms. The van der Waals surface area contributed by atoms with Crippen LogP contribution in [0.15, 0.2) is 42.5 Å². The number of carbonyl (C=O) groups is 1. The Balaban J connectivity index is 1.52. The number of amides is 1. The Morgan fingerprint density at radius 1 is 1.16 bits per heavy atom. The number of hydrogen-bond acceptors (Lipinski definition) is 6. The third kappa shape index (κ3) is 6.92. The van der Waals surface area contributed by atoms with E-state index in [-0.39, 0.29) is 35.7 Å². The second kappa shape index (κ2) is 11.4. The zero-order valence-electron chi connectivity index (χ0n) is 22.0. The van der Waals surface area contributed by atoms with Crippen molar-refractivity contribution in [1.82, 2.24) is 10.2 Å². The molecule has 4 rings (SSSR count). The van der Waals surface area contributed by atoms with Gasteiger partial charge in [0.2, 0.25) is 0 Å². The number of ether oxygens (including phenoxy) is 3. The fourth-order valence-electron chi connectivity index (χ4n) is 5.37. The van der Waals surface area contributed by atoms with E-state index in [1.807, 2.05) is 39.0 Å². The summed E-state index contributed by atoms with van der Waals surface area (Å²) in [6.07, 6.45) is 2.95. The second-order valence-electron chi connectivity index (χ2n) is 10.9. The molecule has 1 aliphatic carbocycles. The summed E-state index contributed by atoms with van der Waals surface area (Å²) in [5, 5.41) is 12.2. The minimum absolute atomic E-state index is 0.0101. The highest BCUT2D eigenvalue weighted by Crippen LogP contribution is 2.41. The molecule has 1 N–H and O–H groups in total. The Morgan fingerprint density at radius 2 is 1.92 bits per heavy atom. The molecular formula is C29H36FN3O4. The van der Waals surface area contributed by atoms with Crippen molar-refractivity contribution in [1.29, 1.82) is 5.26 Å². The Labute approximate surface area is 218 Å². The number of alkyl carbamates (subject to hydrolysis) is 1. The summed E-state index contributed by atoms with van der Waals surface area (Å²) in [6, 6.07) is 14.5. The van der Waals surface area contributed by atoms with Gasteiger partial charge in [0.25, 0.3) is 0 Å². The van der Waals surface area contributed by atoms with Crippen molar-refractivity contribution in [3.63, 3.8) is 0 Å². The number of hydrogen-bond donors (Lipinski definition) is 1. The van der Waals surface area contributed by atoms with E-state index in [4.69, 9.17) is 19.5 Å². The Morgan fingerprint density at radius 3 is 2.59 bits per heavy atom. The number of nitrogens with one attached hydrogen (secondary N) is 1. The topological polar surface area (TPSA) is 83.8 Å². The van der Waals surface area contributed by atoms with Crippen LogP contribution in [0.25, 0.3) is 0 Å². The standard InChI is InChI=1S/C29H36FN3O4/c1-29(2,3)37-28(34)32-22-6-5-13-33(18-22)25-14-21(20-9-12-24(30)26(15-20)35-4)16-27(25)36-23-10-7-19(17-31)8-11-23/h7-12,15,21-22,25,27H,5-6,13-14,16,18H2,1-4H3,(H,32,34)/t21?,22-,25?,27?/m1/s1. The van der Waals surface area contributed by atoms with Crippen LogP contribution in [0.4, 0.5) is 9.18 Å². The summed E-state index contributed by atoms with van der Waals surface area (Å²) >= 11 is 0. The molecule has 1 saturated carbocycles. The minimum Gasteiger partial charge on any atom is -0.494 e. The van der Waals surface area contributed by atoms with Crippen LogP contribution < -0.4 is 14.8 Å². The van der Waals surface area contributed by atoms with E-state index >= 15 is 0 Å². The van der Waals surface area contributed by atoms with Crippen LogP contribution >= 0.6 is 0 Å². The van der Waals surface area contributed by atoms with E-state index in [0.717, 1.165) is 37.8 Å². The number of nitrogens with zero attached hydrogens (tertiary/aromatic N) is 2. The summed E-state index contributed by atoms with van der Waals surface area (Å²) in [5.41, 5.74) is 1.06. The first kappa shape index (κ1) is 26.7. The van der Waals surface area contributed by atoms with Crippen molar-refractivity contribution in [2.45, 2.75) is 76.2 Å². The predicted molar refractivity (Wildman–Crippen MR) is 138 cm³/mol. The van der Waals surface area contributed by atoms with Crippen molar-refractivity contribution in [3.8, 4) is 17.6 Å². The van der Waals surface area contributed by atoms with Gasteiger partial charge in [-0.25, -0.2) is 9.18 Å². The first-order chi connectivity index (χ1) is 17.6. The number of nitriles is 1. The lowest BCUT2D eigenvalue weighted by Gasteiger charge is -2.39. The van der Waals surface area contributed by atoms with Gasteiger partial charge in [-0.3, -0.25) is 4.90 Å². The van der Waals surface area contributed by atoms with Gasteiger partial charge in [0.1, 0.15) is 17.5 Å². The maximum atomic E-state index is 14.1. The van der Waals surface area contributed by atoms with Crippen LogP contribution in [-0.2, 0) is 4.74 Å². The maximum Gasteiger partial charge on any atom is 0.407 e. The van der Waals surface area contributed by atoms with Crippen molar-refractivity contribution in [2.75, 3.05) is 20.2 Å². The minimum atomic E-state index is -0.548. The molecule has 3 unspecified atom stereocenters. The zero-order chi connectivity index (χ0) is 26.6. The Hall–Kier alpha value is -3.31. The molecule has 0 radical (unpaired) electrons. The largest absolute Gasteiger partial charge is 0.494 e. The lowest BCUT2D eigenvalue weighted by atomic mass is 9.96. The van der Waals surface area contributed by atoms with E-state index in [0.29, 0.717) is 17.9 Å². The lowest BCUT2D eigenvalue weighted by molar-refractivity contribution is 0.0389. The molecule has 198 valence electrons. The normalized spacial score (nSPS) is 24.2. The van der Waals surface area contributed by atoms with Gasteiger partial charge < -0.3 is 19.5 Å². The van der Waals surface area contributed by atoms with Gasteiger partial charge in [-0.1, -0.05) is 6.07 Å². The SMILES string of the molecule is COc1cc(C2CC(Oc3ccc(C#N)cc3)C(N3CCC[C@@H](NC(=O)OC(C)(C)C)C3)C2)ccc1F. The molecule has 7 nitrogen and oxygen atoms in total. The van der Waals surface area contributed by atoms with Gasteiger partial charge >= 0.3 is 6.09 Å². The number of carbonyl (C=O) groups excluding carboxylic acids is 1. The number of rotatable bonds is 6. The van der Waals surface area contributed by atoms with Gasteiger partial charge in [0.15, 0.2) is 11.6 Å². The van der Waals surface area contributed by atoms with E-state index in [9.17, 15) is 9.18 Å². The number of halogens is 1. The molecule has 2 aliphatic rings. The average Bonchev–Trinajstić information content (AvgIpc) is 3.27.